The molecule has 1 aromatic heterocycles. The van der Waals surface area contributed by atoms with Gasteiger partial charge in [-0.15, -0.1) is 0 Å². The molecule has 0 bridgehead atoms. The molecule has 11 heteroatoms. The molecule has 4 N–H and O–H groups in total. The van der Waals surface area contributed by atoms with Crippen molar-refractivity contribution in [3.05, 3.63) is 97.5 Å². The molecule has 2 amide bonds. The second-order valence-electron chi connectivity index (χ2n) is 10.9. The smallest absolute Gasteiger partial charge is 0.261 e. The molecule has 0 aliphatic carbocycles. The van der Waals surface area contributed by atoms with Crippen LogP contribution in [0.1, 0.15) is 47.7 Å². The van der Waals surface area contributed by atoms with E-state index in [-0.39, 0.29) is 17.4 Å². The van der Waals surface area contributed by atoms with Gasteiger partial charge in [0.1, 0.15) is 6.04 Å². The van der Waals surface area contributed by atoms with Gasteiger partial charge >= 0.3 is 0 Å². The van der Waals surface area contributed by atoms with Crippen molar-refractivity contribution >= 4 is 50.2 Å². The van der Waals surface area contributed by atoms with Gasteiger partial charge in [0, 0.05) is 36.2 Å². The Morgan fingerprint density at radius 3 is 2.72 bits per heavy atom. The fraction of sp³-hybridized carbons (Fsp3) is 0.312. The molecular weight excluding hydrogens is 634 g/mol. The number of nitrogens with zero attached hydrogens (tertiary/aromatic N) is 3. The van der Waals surface area contributed by atoms with Crippen LogP contribution in [0.5, 0.6) is 0 Å². The Morgan fingerprint density at radius 2 is 1.93 bits per heavy atom. The van der Waals surface area contributed by atoms with Crippen LogP contribution in [0.25, 0.3) is 22.0 Å². The summed E-state index contributed by atoms with van der Waals surface area (Å²) in [6.07, 6.45) is 2.74. The first-order valence-corrected chi connectivity index (χ1v) is 15.4. The van der Waals surface area contributed by atoms with E-state index in [0.29, 0.717) is 65.0 Å². The lowest BCUT2D eigenvalue weighted by Crippen LogP contribution is -2.49. The van der Waals surface area contributed by atoms with Crippen molar-refractivity contribution in [2.45, 2.75) is 58.0 Å². The number of rotatable bonds is 11. The second kappa shape index (κ2) is 13.4. The predicted octanol–water partition coefficient (Wildman–Crippen LogP) is 4.63. The number of aromatic nitrogens is 2. The molecule has 2 heterocycles. The number of carbonyl (C=O) groups is 2. The number of aliphatic hydroxyl groups is 1. The van der Waals surface area contributed by atoms with Gasteiger partial charge in [-0.25, -0.2) is 4.98 Å². The van der Waals surface area contributed by atoms with E-state index in [4.69, 9.17) is 17.3 Å². The highest BCUT2D eigenvalue weighted by molar-refractivity contribution is 9.10. The summed E-state index contributed by atoms with van der Waals surface area (Å²) >= 11 is 9.54. The molecule has 0 fully saturated rings. The summed E-state index contributed by atoms with van der Waals surface area (Å²) in [5.41, 5.74) is 11.0. The normalized spacial score (nSPS) is 13.9. The Bertz CT molecular complexity index is 1740. The molecule has 0 spiro atoms. The number of halogens is 2. The number of hydrogen-bond acceptors (Lipinski definition) is 6. The van der Waals surface area contributed by atoms with E-state index < -0.39 is 12.1 Å². The number of unbranched alkanes of at least 4 members (excludes halogenated alkanes) is 2. The molecule has 4 aromatic rings. The van der Waals surface area contributed by atoms with Crippen LogP contribution in [0, 0.1) is 0 Å². The zero-order valence-corrected chi connectivity index (χ0v) is 26.1. The van der Waals surface area contributed by atoms with Gasteiger partial charge in [0.15, 0.2) is 0 Å². The number of carbonyl (C=O) groups excluding carboxylic acids is 2. The average Bonchev–Trinajstić information content (AvgIpc) is 3.37. The zero-order valence-electron chi connectivity index (χ0n) is 23.7. The summed E-state index contributed by atoms with van der Waals surface area (Å²) < 4.78 is 2.26. The maximum atomic E-state index is 13.2. The molecule has 0 unspecified atom stereocenters. The number of aliphatic hydroxyl groups excluding tert-OH is 1. The summed E-state index contributed by atoms with van der Waals surface area (Å²) in [6, 6.07) is 16.0. The molecule has 9 nitrogen and oxygen atoms in total. The Hall–Kier alpha value is -3.57. The zero-order chi connectivity index (χ0) is 30.7. The van der Waals surface area contributed by atoms with Gasteiger partial charge in [-0.3, -0.25) is 19.0 Å². The van der Waals surface area contributed by atoms with Crippen LogP contribution in [0.3, 0.4) is 0 Å². The van der Waals surface area contributed by atoms with Gasteiger partial charge in [-0.1, -0.05) is 35.9 Å². The van der Waals surface area contributed by atoms with E-state index in [0.717, 1.165) is 28.7 Å². The third-order valence-electron chi connectivity index (χ3n) is 7.73. The molecular formula is C32H33BrClN5O4. The molecule has 1 aliphatic rings. The van der Waals surface area contributed by atoms with Crippen LogP contribution in [-0.2, 0) is 24.4 Å². The number of nitrogens with two attached hydrogens (primary N) is 1. The van der Waals surface area contributed by atoms with Gasteiger partial charge in [-0.2, -0.15) is 0 Å². The van der Waals surface area contributed by atoms with Gasteiger partial charge in [0.2, 0.25) is 5.91 Å². The largest absolute Gasteiger partial charge is 0.391 e. The fourth-order valence-electron chi connectivity index (χ4n) is 5.24. The molecule has 0 radical (unpaired) electrons. The first-order valence-electron chi connectivity index (χ1n) is 14.2. The van der Waals surface area contributed by atoms with Crippen LogP contribution in [0.4, 0.5) is 0 Å². The highest BCUT2D eigenvalue weighted by Gasteiger charge is 2.25. The van der Waals surface area contributed by atoms with Crippen molar-refractivity contribution in [1.82, 2.24) is 19.8 Å². The van der Waals surface area contributed by atoms with Crippen LogP contribution in [-0.4, -0.2) is 50.1 Å². The van der Waals surface area contributed by atoms with Crippen molar-refractivity contribution in [3.8, 4) is 11.1 Å². The minimum Gasteiger partial charge on any atom is -0.391 e. The maximum absolute atomic E-state index is 13.2. The minimum absolute atomic E-state index is 0.0572. The molecule has 0 saturated carbocycles. The Morgan fingerprint density at radius 1 is 1.14 bits per heavy atom. The number of benzene rings is 3. The lowest BCUT2D eigenvalue weighted by atomic mass is 9.98. The monoisotopic (exact) mass is 665 g/mol. The number of nitrogens with one attached hydrogen (secondary N) is 1. The maximum Gasteiger partial charge on any atom is 0.261 e. The molecule has 224 valence electrons. The van der Waals surface area contributed by atoms with Crippen molar-refractivity contribution in [2.75, 3.05) is 6.54 Å². The standard InChI is InChI=1S/C32H33BrClN5O4/c1-19(40)29(35)32(43)38(10-3-2-4-11-39-18-37-28-15-26(33)27(34)14-25(28)31(39)42)17-20-6-5-7-21(12-20)22-8-9-24-23(13-22)16-36-30(24)41/h5-9,12-15,18-19,29,40H,2-4,10-11,16-17,35H2,1H3,(H,36,41)/t19-,29+/m1/s1. The lowest BCUT2D eigenvalue weighted by Gasteiger charge is -2.27. The van der Waals surface area contributed by atoms with Crippen molar-refractivity contribution < 1.29 is 14.7 Å². The van der Waals surface area contributed by atoms with E-state index in [1.807, 2.05) is 42.5 Å². The van der Waals surface area contributed by atoms with Gasteiger partial charge in [0.05, 0.1) is 28.4 Å². The van der Waals surface area contributed by atoms with Gasteiger partial charge in [-0.05, 0) is 94.7 Å². The summed E-state index contributed by atoms with van der Waals surface area (Å²) in [6.45, 7) is 3.29. The van der Waals surface area contributed by atoms with Crippen LogP contribution >= 0.6 is 27.5 Å². The number of fused-ring (bicyclic) bond motifs is 2. The Kier molecular flexibility index (Phi) is 9.61. The summed E-state index contributed by atoms with van der Waals surface area (Å²) in [5.74, 6) is -0.376. The van der Waals surface area contributed by atoms with E-state index in [2.05, 4.69) is 26.2 Å². The van der Waals surface area contributed by atoms with Crippen LogP contribution < -0.4 is 16.6 Å². The highest BCUT2D eigenvalue weighted by Crippen LogP contribution is 2.27. The molecule has 0 saturated heterocycles. The van der Waals surface area contributed by atoms with E-state index in [9.17, 15) is 19.5 Å². The van der Waals surface area contributed by atoms with Crippen LogP contribution in [0.2, 0.25) is 5.02 Å². The third-order valence-corrected chi connectivity index (χ3v) is 8.93. The summed E-state index contributed by atoms with van der Waals surface area (Å²) in [5, 5.41) is 13.8. The van der Waals surface area contributed by atoms with E-state index in [1.54, 1.807) is 27.9 Å². The lowest BCUT2D eigenvalue weighted by molar-refractivity contribution is -0.135. The Balaban J connectivity index is 1.24. The van der Waals surface area contributed by atoms with E-state index >= 15 is 0 Å². The molecule has 1 aliphatic heterocycles. The third kappa shape index (κ3) is 6.99. The number of amides is 2. The number of hydrogen-bond donors (Lipinski definition) is 3. The SMILES string of the molecule is C[C@@H](O)[C@H](N)C(=O)N(CCCCCn1cnc2cc(Br)c(Cl)cc2c1=O)Cc1cccc(-c2ccc3c(c2)CNC3=O)c1. The van der Waals surface area contributed by atoms with Crippen LogP contribution in [0.15, 0.2) is 70.2 Å². The second-order valence-corrected chi connectivity index (χ2v) is 12.1. The predicted molar refractivity (Wildman–Crippen MR) is 171 cm³/mol. The van der Waals surface area contributed by atoms with Crippen molar-refractivity contribution in [3.63, 3.8) is 0 Å². The first kappa shape index (κ1) is 30.9. The first-order chi connectivity index (χ1) is 20.6. The summed E-state index contributed by atoms with van der Waals surface area (Å²) in [4.78, 5) is 44.2. The molecule has 43 heavy (non-hydrogen) atoms. The fourth-order valence-corrected chi connectivity index (χ4v) is 5.74. The van der Waals surface area contributed by atoms with Gasteiger partial charge < -0.3 is 21.1 Å². The van der Waals surface area contributed by atoms with Crippen molar-refractivity contribution in [1.29, 1.82) is 0 Å². The molecule has 3 aromatic carbocycles. The average molecular weight is 667 g/mol. The van der Waals surface area contributed by atoms with E-state index in [1.165, 1.54) is 6.92 Å². The highest BCUT2D eigenvalue weighted by atomic mass is 79.9. The minimum atomic E-state index is -1.03. The molecule has 2 atom stereocenters. The molecule has 5 rings (SSSR count). The quantitative estimate of drug-likeness (QED) is 0.200. The van der Waals surface area contributed by atoms with Crippen molar-refractivity contribution in [2.24, 2.45) is 5.73 Å². The van der Waals surface area contributed by atoms with Gasteiger partial charge in [0.25, 0.3) is 11.5 Å². The topological polar surface area (TPSA) is 131 Å². The summed E-state index contributed by atoms with van der Waals surface area (Å²) in [7, 11) is 0. The Labute approximate surface area is 262 Å². The number of aryl methyl sites for hydroxylation is 1.